The molecule has 0 aliphatic heterocycles. The van der Waals surface area contributed by atoms with E-state index in [0.29, 0.717) is 10.1 Å². The normalized spacial score (nSPS) is 11.3. The second-order valence-corrected chi connectivity index (χ2v) is 4.93. The summed E-state index contributed by atoms with van der Waals surface area (Å²) in [6.07, 6.45) is -5.22. The van der Waals surface area contributed by atoms with Crippen molar-refractivity contribution in [3.05, 3.63) is 56.7 Å². The van der Waals surface area contributed by atoms with Crippen LogP contribution in [0.3, 0.4) is 0 Å². The van der Waals surface area contributed by atoms with Crippen LogP contribution in [-0.4, -0.2) is 21.6 Å². The summed E-state index contributed by atoms with van der Waals surface area (Å²) in [4.78, 5) is 37.7. The van der Waals surface area contributed by atoms with E-state index in [1.54, 1.807) is 18.2 Å². The summed E-state index contributed by atoms with van der Waals surface area (Å²) < 4.78 is 39.3. The van der Waals surface area contributed by atoms with E-state index in [2.05, 4.69) is 0 Å². The molecule has 1 heterocycles. The zero-order valence-corrected chi connectivity index (χ0v) is 12.4. The van der Waals surface area contributed by atoms with Gasteiger partial charge in [-0.05, 0) is 5.56 Å². The third kappa shape index (κ3) is 3.31. The molecular formula is C14H13F3N4O3. The van der Waals surface area contributed by atoms with Crippen molar-refractivity contribution in [3.8, 4) is 0 Å². The number of carbonyl (C=O) groups is 1. The van der Waals surface area contributed by atoms with Gasteiger partial charge in [-0.15, -0.1) is 0 Å². The molecule has 0 aliphatic carbocycles. The van der Waals surface area contributed by atoms with Gasteiger partial charge >= 0.3 is 17.8 Å². The van der Waals surface area contributed by atoms with Crippen LogP contribution >= 0.6 is 0 Å². The second kappa shape index (κ2) is 6.22. The lowest BCUT2D eigenvalue weighted by Gasteiger charge is -2.24. The predicted octanol–water partition coefficient (Wildman–Crippen LogP) is 0.751. The first-order valence-corrected chi connectivity index (χ1v) is 6.64. The Bertz CT molecular complexity index is 872. The van der Waals surface area contributed by atoms with Crippen LogP contribution in [0.2, 0.25) is 0 Å². The summed E-state index contributed by atoms with van der Waals surface area (Å²) >= 11 is 0. The number of hydrogen-bond acceptors (Lipinski definition) is 4. The number of benzene rings is 1. The highest BCUT2D eigenvalue weighted by Gasteiger charge is 2.44. The van der Waals surface area contributed by atoms with Crippen molar-refractivity contribution in [2.24, 2.45) is 7.05 Å². The molecule has 0 fully saturated rings. The van der Waals surface area contributed by atoms with Crippen molar-refractivity contribution >= 4 is 17.4 Å². The maximum atomic E-state index is 12.9. The topological polar surface area (TPSA) is 101 Å². The van der Waals surface area contributed by atoms with E-state index in [1.807, 2.05) is 4.98 Å². The molecule has 128 valence electrons. The molecule has 10 heteroatoms. The summed E-state index contributed by atoms with van der Waals surface area (Å²) in [5.41, 5.74) is 3.10. The van der Waals surface area contributed by atoms with Crippen LogP contribution in [0.1, 0.15) is 5.56 Å². The average molecular weight is 342 g/mol. The number of rotatable bonds is 3. The fraction of sp³-hybridized carbons (Fsp3) is 0.214. The fourth-order valence-corrected chi connectivity index (χ4v) is 2.06. The minimum atomic E-state index is -5.22. The lowest BCUT2D eigenvalue weighted by Crippen LogP contribution is -2.46. The molecule has 7 nitrogen and oxygen atoms in total. The molecule has 1 aromatic carbocycles. The molecule has 0 aliphatic rings. The molecule has 2 rings (SSSR count). The number of anilines is 2. The van der Waals surface area contributed by atoms with Crippen LogP contribution in [0.4, 0.5) is 24.7 Å². The van der Waals surface area contributed by atoms with Gasteiger partial charge in [0, 0.05) is 7.05 Å². The van der Waals surface area contributed by atoms with Crippen LogP contribution in [0.5, 0.6) is 0 Å². The number of nitrogen functional groups attached to an aromatic ring is 1. The van der Waals surface area contributed by atoms with Gasteiger partial charge < -0.3 is 5.73 Å². The molecular weight excluding hydrogens is 329 g/mol. The molecule has 0 atom stereocenters. The summed E-state index contributed by atoms with van der Waals surface area (Å²) in [6.45, 7) is -0.537. The van der Waals surface area contributed by atoms with Crippen molar-refractivity contribution in [1.82, 2.24) is 9.55 Å². The van der Waals surface area contributed by atoms with Gasteiger partial charge in [0.25, 0.3) is 5.56 Å². The Morgan fingerprint density at radius 3 is 2.38 bits per heavy atom. The summed E-state index contributed by atoms with van der Waals surface area (Å²) in [6, 6.07) is 7.76. The largest absolute Gasteiger partial charge is 0.471 e. The van der Waals surface area contributed by atoms with E-state index in [4.69, 9.17) is 5.73 Å². The predicted molar refractivity (Wildman–Crippen MR) is 80.4 cm³/mol. The lowest BCUT2D eigenvalue weighted by atomic mass is 10.2. The highest BCUT2D eigenvalue weighted by atomic mass is 19.4. The number of alkyl halides is 3. The van der Waals surface area contributed by atoms with Gasteiger partial charge in [0.2, 0.25) is 0 Å². The number of aromatic nitrogens is 2. The van der Waals surface area contributed by atoms with Gasteiger partial charge in [0.05, 0.1) is 6.54 Å². The zero-order chi connectivity index (χ0) is 18.1. The minimum absolute atomic E-state index is 0.211. The quantitative estimate of drug-likeness (QED) is 0.859. The van der Waals surface area contributed by atoms with Crippen LogP contribution < -0.4 is 21.9 Å². The molecule has 0 saturated carbocycles. The highest BCUT2D eigenvalue weighted by molar-refractivity contribution is 5.98. The minimum Gasteiger partial charge on any atom is -0.383 e. The number of amides is 1. The molecule has 0 spiro atoms. The van der Waals surface area contributed by atoms with Crippen LogP contribution in [0, 0.1) is 0 Å². The van der Waals surface area contributed by atoms with E-state index < -0.39 is 41.4 Å². The van der Waals surface area contributed by atoms with Crippen LogP contribution in [-0.2, 0) is 18.4 Å². The Morgan fingerprint density at radius 2 is 1.83 bits per heavy atom. The number of aromatic amines is 1. The van der Waals surface area contributed by atoms with Gasteiger partial charge in [0.15, 0.2) is 5.69 Å². The van der Waals surface area contributed by atoms with E-state index in [9.17, 15) is 27.6 Å². The van der Waals surface area contributed by atoms with Gasteiger partial charge in [-0.1, -0.05) is 30.3 Å². The first-order valence-electron chi connectivity index (χ1n) is 6.64. The highest BCUT2D eigenvalue weighted by Crippen LogP contribution is 2.25. The number of halogens is 3. The number of hydrogen-bond donors (Lipinski definition) is 2. The number of H-pyrrole nitrogens is 1. The zero-order valence-electron chi connectivity index (χ0n) is 12.4. The standard InChI is InChI=1S/C14H13F3N4O3/c1-20-11(22)9(10(18)19-13(20)24)21(12(23)14(15,16)17)7-8-5-3-2-4-6-8/h2-6H,7,18H2,1H3,(H,19,24). The molecule has 2 aromatic rings. The van der Waals surface area contributed by atoms with Gasteiger partial charge in [-0.25, -0.2) is 4.79 Å². The van der Waals surface area contributed by atoms with Crippen molar-refractivity contribution < 1.29 is 18.0 Å². The summed E-state index contributed by atoms with van der Waals surface area (Å²) in [7, 11) is 1.06. The maximum Gasteiger partial charge on any atom is 0.471 e. The first-order chi connectivity index (χ1) is 11.1. The van der Waals surface area contributed by atoms with E-state index in [-0.39, 0.29) is 4.90 Å². The van der Waals surface area contributed by atoms with Gasteiger partial charge in [0.1, 0.15) is 5.82 Å². The molecule has 0 unspecified atom stereocenters. The average Bonchev–Trinajstić information content (AvgIpc) is 2.51. The molecule has 3 N–H and O–H groups in total. The Balaban J connectivity index is 2.64. The van der Waals surface area contributed by atoms with E-state index in [1.165, 1.54) is 12.1 Å². The number of nitrogens with zero attached hydrogens (tertiary/aromatic N) is 2. The van der Waals surface area contributed by atoms with Crippen LogP contribution in [0.25, 0.3) is 0 Å². The number of carbonyl (C=O) groups excluding carboxylic acids is 1. The summed E-state index contributed by atoms with van der Waals surface area (Å²) in [5, 5.41) is 0. The SMILES string of the molecule is Cn1c(=O)[nH]c(N)c(N(Cc2ccccc2)C(=O)C(F)(F)F)c1=O. The molecule has 0 saturated heterocycles. The van der Waals surface area contributed by atoms with E-state index in [0.717, 1.165) is 7.05 Å². The summed E-state index contributed by atoms with van der Waals surface area (Å²) in [5.74, 6) is -2.88. The first kappa shape index (κ1) is 17.3. The molecule has 0 bridgehead atoms. The molecule has 1 amide bonds. The Kier molecular flexibility index (Phi) is 4.49. The number of nitrogens with one attached hydrogen (secondary N) is 1. The van der Waals surface area contributed by atoms with Crippen molar-refractivity contribution in [1.29, 1.82) is 0 Å². The third-order valence-electron chi connectivity index (χ3n) is 3.25. The second-order valence-electron chi connectivity index (χ2n) is 4.93. The molecule has 24 heavy (non-hydrogen) atoms. The molecule has 1 aromatic heterocycles. The number of nitrogens with two attached hydrogens (primary N) is 1. The Labute approximate surface area is 133 Å². The van der Waals surface area contributed by atoms with Crippen molar-refractivity contribution in [2.45, 2.75) is 12.7 Å². The lowest BCUT2D eigenvalue weighted by molar-refractivity contribution is -0.170. The van der Waals surface area contributed by atoms with Crippen molar-refractivity contribution in [3.63, 3.8) is 0 Å². The Morgan fingerprint density at radius 1 is 1.25 bits per heavy atom. The van der Waals surface area contributed by atoms with Gasteiger partial charge in [-0.2, -0.15) is 13.2 Å². The van der Waals surface area contributed by atoms with Crippen LogP contribution in [0.15, 0.2) is 39.9 Å². The van der Waals surface area contributed by atoms with E-state index >= 15 is 0 Å². The van der Waals surface area contributed by atoms with Crippen molar-refractivity contribution in [2.75, 3.05) is 10.6 Å². The smallest absolute Gasteiger partial charge is 0.383 e. The molecule has 0 radical (unpaired) electrons. The van der Waals surface area contributed by atoms with Gasteiger partial charge in [-0.3, -0.25) is 24.0 Å². The third-order valence-corrected chi connectivity index (χ3v) is 3.25. The monoisotopic (exact) mass is 342 g/mol. The maximum absolute atomic E-state index is 12.9. The fourth-order valence-electron chi connectivity index (χ4n) is 2.06. The Hall–Kier alpha value is -3.04.